The van der Waals surface area contributed by atoms with Gasteiger partial charge in [-0.25, -0.2) is 0 Å². The fourth-order valence-corrected chi connectivity index (χ4v) is 2.10. The average Bonchev–Trinajstić information content (AvgIpc) is 2.41. The number of nitrogens with zero attached hydrogens (tertiary/aromatic N) is 1. The average molecular weight is 291 g/mol. The normalized spacial score (nSPS) is 10.2. The molecule has 2 rings (SSSR count). The van der Waals surface area contributed by atoms with Gasteiger partial charge in [0, 0.05) is 29.9 Å². The first-order valence-electron chi connectivity index (χ1n) is 5.92. The van der Waals surface area contributed by atoms with E-state index >= 15 is 0 Å². The van der Waals surface area contributed by atoms with Gasteiger partial charge in [-0.05, 0) is 29.8 Å². The Morgan fingerprint density at radius 2 is 1.89 bits per heavy atom. The third kappa shape index (κ3) is 3.69. The van der Waals surface area contributed by atoms with Crippen LogP contribution in [0.1, 0.15) is 11.1 Å². The summed E-state index contributed by atoms with van der Waals surface area (Å²) in [6.45, 7) is 0.804. The number of nitrogens with two attached hydrogens (primary N) is 1. The van der Waals surface area contributed by atoms with Gasteiger partial charge in [-0.1, -0.05) is 48.1 Å². The largest absolute Gasteiger partial charge is 0.389 e. The Morgan fingerprint density at radius 1 is 1.21 bits per heavy atom. The molecule has 0 aromatic heterocycles. The van der Waals surface area contributed by atoms with Crippen molar-refractivity contribution in [2.24, 2.45) is 5.73 Å². The molecule has 0 aliphatic carbocycles. The lowest BCUT2D eigenvalue weighted by atomic mass is 10.1. The summed E-state index contributed by atoms with van der Waals surface area (Å²) in [5, 5.41) is 0.752. The van der Waals surface area contributed by atoms with Gasteiger partial charge in [0.2, 0.25) is 0 Å². The SMILES string of the molecule is CN(Cc1ccc(Cl)cc1)c1cccc(C(N)=S)c1. The second kappa shape index (κ2) is 6.04. The zero-order valence-electron chi connectivity index (χ0n) is 10.6. The molecule has 0 amide bonds. The van der Waals surface area contributed by atoms with E-state index in [4.69, 9.17) is 29.6 Å². The number of thiocarbonyl (C=S) groups is 1. The Bertz CT molecular complexity index is 581. The van der Waals surface area contributed by atoms with E-state index in [9.17, 15) is 0 Å². The third-order valence-electron chi connectivity index (χ3n) is 2.90. The molecule has 98 valence electrons. The smallest absolute Gasteiger partial charge is 0.104 e. The quantitative estimate of drug-likeness (QED) is 0.872. The van der Waals surface area contributed by atoms with Crippen LogP contribution < -0.4 is 10.6 Å². The number of hydrogen-bond donors (Lipinski definition) is 1. The van der Waals surface area contributed by atoms with Crippen LogP contribution in [0.3, 0.4) is 0 Å². The standard InChI is InChI=1S/C15H15ClN2S/c1-18(10-11-5-7-13(16)8-6-11)14-4-2-3-12(9-14)15(17)19/h2-9H,10H2,1H3,(H2,17,19). The maximum absolute atomic E-state index is 5.88. The van der Waals surface area contributed by atoms with Crippen molar-refractivity contribution in [1.29, 1.82) is 0 Å². The van der Waals surface area contributed by atoms with Crippen LogP contribution in [0, 0.1) is 0 Å². The summed E-state index contributed by atoms with van der Waals surface area (Å²) >= 11 is 10.9. The lowest BCUT2D eigenvalue weighted by Crippen LogP contribution is -2.17. The van der Waals surface area contributed by atoms with Crippen LogP contribution in [0.4, 0.5) is 5.69 Å². The van der Waals surface area contributed by atoms with Crippen LogP contribution in [0.2, 0.25) is 5.02 Å². The molecule has 2 nitrogen and oxygen atoms in total. The Kier molecular flexibility index (Phi) is 4.40. The van der Waals surface area contributed by atoms with Gasteiger partial charge in [-0.15, -0.1) is 0 Å². The van der Waals surface area contributed by atoms with Crippen molar-refractivity contribution in [2.75, 3.05) is 11.9 Å². The first-order valence-corrected chi connectivity index (χ1v) is 6.70. The predicted molar refractivity (Wildman–Crippen MR) is 85.9 cm³/mol. The Hall–Kier alpha value is -1.58. The van der Waals surface area contributed by atoms with Crippen molar-refractivity contribution in [2.45, 2.75) is 6.54 Å². The molecular formula is C15H15ClN2S. The van der Waals surface area contributed by atoms with Crippen LogP contribution in [-0.4, -0.2) is 12.0 Å². The van der Waals surface area contributed by atoms with Crippen molar-refractivity contribution in [3.8, 4) is 0 Å². The molecule has 0 spiro atoms. The van der Waals surface area contributed by atoms with E-state index in [2.05, 4.69) is 4.90 Å². The fraction of sp³-hybridized carbons (Fsp3) is 0.133. The van der Waals surface area contributed by atoms with E-state index in [0.717, 1.165) is 22.8 Å². The summed E-state index contributed by atoms with van der Waals surface area (Å²) in [6.07, 6.45) is 0. The summed E-state index contributed by atoms with van der Waals surface area (Å²) in [7, 11) is 2.04. The highest BCUT2D eigenvalue weighted by atomic mass is 35.5. The van der Waals surface area contributed by atoms with Gasteiger partial charge in [-0.3, -0.25) is 0 Å². The maximum atomic E-state index is 5.88. The Morgan fingerprint density at radius 3 is 2.53 bits per heavy atom. The molecule has 0 heterocycles. The first kappa shape index (κ1) is 13.8. The van der Waals surface area contributed by atoms with Crippen molar-refractivity contribution in [3.05, 3.63) is 64.7 Å². The number of hydrogen-bond acceptors (Lipinski definition) is 2. The zero-order valence-corrected chi connectivity index (χ0v) is 12.2. The van der Waals surface area contributed by atoms with Gasteiger partial charge < -0.3 is 10.6 Å². The van der Waals surface area contributed by atoms with Gasteiger partial charge in [0.25, 0.3) is 0 Å². The number of halogens is 1. The highest BCUT2D eigenvalue weighted by Crippen LogP contribution is 2.18. The molecule has 0 fully saturated rings. The molecule has 0 atom stereocenters. The topological polar surface area (TPSA) is 29.3 Å². The van der Waals surface area contributed by atoms with Gasteiger partial charge in [0.15, 0.2) is 0 Å². The molecular weight excluding hydrogens is 276 g/mol. The van der Waals surface area contributed by atoms with E-state index < -0.39 is 0 Å². The Balaban J connectivity index is 2.15. The van der Waals surface area contributed by atoms with Gasteiger partial charge >= 0.3 is 0 Å². The van der Waals surface area contributed by atoms with Crippen molar-refractivity contribution >= 4 is 34.5 Å². The van der Waals surface area contributed by atoms with E-state index in [1.807, 2.05) is 55.6 Å². The Labute approximate surface area is 123 Å². The fourth-order valence-electron chi connectivity index (χ4n) is 1.85. The maximum Gasteiger partial charge on any atom is 0.104 e. The second-order valence-corrected chi connectivity index (χ2v) is 5.27. The summed E-state index contributed by atoms with van der Waals surface area (Å²) in [6, 6.07) is 15.8. The van der Waals surface area contributed by atoms with Crippen molar-refractivity contribution < 1.29 is 0 Å². The van der Waals surface area contributed by atoms with Gasteiger partial charge in [0.1, 0.15) is 4.99 Å². The van der Waals surface area contributed by atoms with E-state index in [-0.39, 0.29) is 0 Å². The second-order valence-electron chi connectivity index (χ2n) is 4.40. The predicted octanol–water partition coefficient (Wildman–Crippen LogP) is 3.61. The highest BCUT2D eigenvalue weighted by molar-refractivity contribution is 7.80. The molecule has 2 N–H and O–H groups in total. The molecule has 0 aliphatic heterocycles. The van der Waals surface area contributed by atoms with Crippen molar-refractivity contribution in [1.82, 2.24) is 0 Å². The minimum Gasteiger partial charge on any atom is -0.389 e. The minimum atomic E-state index is 0.418. The zero-order chi connectivity index (χ0) is 13.8. The minimum absolute atomic E-state index is 0.418. The summed E-state index contributed by atoms with van der Waals surface area (Å²) in [4.78, 5) is 2.56. The van der Waals surface area contributed by atoms with Crippen LogP contribution in [0.25, 0.3) is 0 Å². The molecule has 0 radical (unpaired) electrons. The lowest BCUT2D eigenvalue weighted by molar-refractivity contribution is 0.923. The molecule has 0 aliphatic rings. The van der Waals surface area contributed by atoms with E-state index in [1.54, 1.807) is 0 Å². The van der Waals surface area contributed by atoms with Crippen LogP contribution in [-0.2, 0) is 6.54 Å². The summed E-state index contributed by atoms with van der Waals surface area (Å²) in [5.74, 6) is 0. The van der Waals surface area contributed by atoms with Crippen LogP contribution in [0.5, 0.6) is 0 Å². The molecule has 2 aromatic rings. The van der Waals surface area contributed by atoms with Crippen LogP contribution >= 0.6 is 23.8 Å². The third-order valence-corrected chi connectivity index (χ3v) is 3.39. The molecule has 4 heteroatoms. The summed E-state index contributed by atoms with van der Waals surface area (Å²) in [5.41, 5.74) is 8.82. The molecule has 19 heavy (non-hydrogen) atoms. The molecule has 2 aromatic carbocycles. The first-order chi connectivity index (χ1) is 9.06. The van der Waals surface area contributed by atoms with Gasteiger partial charge in [-0.2, -0.15) is 0 Å². The molecule has 0 saturated heterocycles. The van der Waals surface area contributed by atoms with Gasteiger partial charge in [0.05, 0.1) is 0 Å². The highest BCUT2D eigenvalue weighted by Gasteiger charge is 2.04. The summed E-state index contributed by atoms with van der Waals surface area (Å²) < 4.78 is 0. The van der Waals surface area contributed by atoms with E-state index in [0.29, 0.717) is 4.99 Å². The lowest BCUT2D eigenvalue weighted by Gasteiger charge is -2.20. The molecule has 0 unspecified atom stereocenters. The van der Waals surface area contributed by atoms with Crippen LogP contribution in [0.15, 0.2) is 48.5 Å². The number of rotatable bonds is 4. The monoisotopic (exact) mass is 290 g/mol. The number of anilines is 1. The van der Waals surface area contributed by atoms with Crippen molar-refractivity contribution in [3.63, 3.8) is 0 Å². The molecule has 0 saturated carbocycles. The van der Waals surface area contributed by atoms with E-state index in [1.165, 1.54) is 5.56 Å². The number of benzene rings is 2. The molecule has 0 bridgehead atoms.